The summed E-state index contributed by atoms with van der Waals surface area (Å²) in [5.41, 5.74) is 1.44. The Bertz CT molecular complexity index is 379. The van der Waals surface area contributed by atoms with Crippen molar-refractivity contribution in [3.05, 3.63) is 28.3 Å². The summed E-state index contributed by atoms with van der Waals surface area (Å²) in [5, 5.41) is 0. The van der Waals surface area contributed by atoms with E-state index >= 15 is 0 Å². The second kappa shape index (κ2) is 3.36. The standard InChI is InChI=1S/C9H8F5N/c1-3-5(9(12,13)14)4(2)7(11)8(15)6(3)10/h15H2,1-2H3. The van der Waals surface area contributed by atoms with Crippen LogP contribution in [0.1, 0.15) is 16.7 Å². The lowest BCUT2D eigenvalue weighted by atomic mass is 10.00. The summed E-state index contributed by atoms with van der Waals surface area (Å²) < 4.78 is 63.5. The normalized spacial score (nSPS) is 11.9. The van der Waals surface area contributed by atoms with Crippen LogP contribution in [0.4, 0.5) is 27.6 Å². The first-order valence-electron chi connectivity index (χ1n) is 3.98. The van der Waals surface area contributed by atoms with Crippen molar-refractivity contribution in [2.45, 2.75) is 20.0 Å². The molecule has 1 aromatic carbocycles. The zero-order chi connectivity index (χ0) is 12.0. The average Bonchev–Trinajstić information content (AvgIpc) is 2.09. The first-order valence-corrected chi connectivity index (χ1v) is 3.98. The van der Waals surface area contributed by atoms with Gasteiger partial charge < -0.3 is 5.73 Å². The van der Waals surface area contributed by atoms with Crippen molar-refractivity contribution in [1.29, 1.82) is 0 Å². The smallest absolute Gasteiger partial charge is 0.394 e. The highest BCUT2D eigenvalue weighted by Gasteiger charge is 2.37. The number of benzene rings is 1. The molecule has 0 aromatic heterocycles. The van der Waals surface area contributed by atoms with Crippen molar-refractivity contribution < 1.29 is 22.0 Å². The van der Waals surface area contributed by atoms with E-state index in [2.05, 4.69) is 0 Å². The molecule has 6 heteroatoms. The zero-order valence-corrected chi connectivity index (χ0v) is 7.97. The molecule has 0 saturated carbocycles. The van der Waals surface area contributed by atoms with Crippen LogP contribution in [0.25, 0.3) is 0 Å². The summed E-state index contributed by atoms with van der Waals surface area (Å²) in [5.74, 6) is -2.71. The van der Waals surface area contributed by atoms with Gasteiger partial charge in [-0.2, -0.15) is 13.2 Å². The molecular weight excluding hydrogens is 217 g/mol. The summed E-state index contributed by atoms with van der Waals surface area (Å²) in [4.78, 5) is 0. The molecule has 0 bridgehead atoms. The van der Waals surface area contributed by atoms with E-state index in [4.69, 9.17) is 5.73 Å². The number of alkyl halides is 3. The molecular formula is C9H8F5N. The van der Waals surface area contributed by atoms with E-state index in [1.54, 1.807) is 0 Å². The summed E-state index contributed by atoms with van der Waals surface area (Å²) >= 11 is 0. The van der Waals surface area contributed by atoms with Crippen molar-refractivity contribution in [3.8, 4) is 0 Å². The molecule has 0 aliphatic heterocycles. The van der Waals surface area contributed by atoms with Crippen LogP contribution in [0.3, 0.4) is 0 Å². The first-order chi connectivity index (χ1) is 6.68. The van der Waals surface area contributed by atoms with Gasteiger partial charge in [-0.05, 0) is 25.0 Å². The fraction of sp³-hybridized carbons (Fsp3) is 0.333. The lowest BCUT2D eigenvalue weighted by Gasteiger charge is -2.16. The molecule has 0 radical (unpaired) electrons. The van der Waals surface area contributed by atoms with Crippen LogP contribution < -0.4 is 5.73 Å². The van der Waals surface area contributed by atoms with E-state index in [9.17, 15) is 22.0 Å². The maximum absolute atomic E-state index is 13.1. The molecule has 15 heavy (non-hydrogen) atoms. The van der Waals surface area contributed by atoms with Crippen molar-refractivity contribution in [2.75, 3.05) is 5.73 Å². The van der Waals surface area contributed by atoms with Gasteiger partial charge in [0.25, 0.3) is 0 Å². The lowest BCUT2D eigenvalue weighted by molar-refractivity contribution is -0.138. The second-order valence-electron chi connectivity index (χ2n) is 3.16. The van der Waals surface area contributed by atoms with Gasteiger partial charge in [0.1, 0.15) is 5.69 Å². The largest absolute Gasteiger partial charge is 0.417 e. The number of nitrogens with two attached hydrogens (primary N) is 1. The maximum atomic E-state index is 13.1. The fourth-order valence-electron chi connectivity index (χ4n) is 1.43. The Hall–Kier alpha value is -1.33. The molecule has 0 fully saturated rings. The highest BCUT2D eigenvalue weighted by Crippen LogP contribution is 2.38. The van der Waals surface area contributed by atoms with E-state index in [-0.39, 0.29) is 0 Å². The minimum absolute atomic E-state index is 0.682. The molecule has 0 aliphatic rings. The topological polar surface area (TPSA) is 26.0 Å². The summed E-state index contributed by atoms with van der Waals surface area (Å²) in [6, 6.07) is 0. The fourth-order valence-corrected chi connectivity index (χ4v) is 1.43. The van der Waals surface area contributed by atoms with E-state index in [1.807, 2.05) is 0 Å². The van der Waals surface area contributed by atoms with Gasteiger partial charge in [-0.15, -0.1) is 0 Å². The maximum Gasteiger partial charge on any atom is 0.417 e. The van der Waals surface area contributed by atoms with Crippen LogP contribution >= 0.6 is 0 Å². The van der Waals surface area contributed by atoms with Crippen LogP contribution in [-0.2, 0) is 6.18 Å². The number of hydrogen-bond donors (Lipinski definition) is 1. The quantitative estimate of drug-likeness (QED) is 0.532. The van der Waals surface area contributed by atoms with Gasteiger partial charge in [-0.25, -0.2) is 8.78 Å². The van der Waals surface area contributed by atoms with Gasteiger partial charge in [-0.3, -0.25) is 0 Å². The van der Waals surface area contributed by atoms with Gasteiger partial charge in [0.2, 0.25) is 0 Å². The molecule has 84 valence electrons. The second-order valence-corrected chi connectivity index (χ2v) is 3.16. The van der Waals surface area contributed by atoms with Crippen molar-refractivity contribution in [1.82, 2.24) is 0 Å². The molecule has 1 nitrogen and oxygen atoms in total. The van der Waals surface area contributed by atoms with Crippen LogP contribution in [0.5, 0.6) is 0 Å². The third kappa shape index (κ3) is 1.75. The van der Waals surface area contributed by atoms with Gasteiger partial charge in [0, 0.05) is 0 Å². The Balaban J connectivity index is 3.68. The van der Waals surface area contributed by atoms with Crippen molar-refractivity contribution in [3.63, 3.8) is 0 Å². The van der Waals surface area contributed by atoms with Gasteiger partial charge in [0.05, 0.1) is 5.56 Å². The highest BCUT2D eigenvalue weighted by atomic mass is 19.4. The summed E-state index contributed by atoms with van der Waals surface area (Å²) in [6.07, 6.45) is -4.79. The van der Waals surface area contributed by atoms with Crippen molar-refractivity contribution in [2.24, 2.45) is 0 Å². The number of halogens is 5. The molecule has 0 atom stereocenters. The number of rotatable bonds is 0. The van der Waals surface area contributed by atoms with Crippen molar-refractivity contribution >= 4 is 5.69 Å². The molecule has 0 spiro atoms. The van der Waals surface area contributed by atoms with Crippen LogP contribution in [-0.4, -0.2) is 0 Å². The van der Waals surface area contributed by atoms with Gasteiger partial charge in [-0.1, -0.05) is 0 Å². The number of hydrogen-bond acceptors (Lipinski definition) is 1. The molecule has 1 aromatic rings. The van der Waals surface area contributed by atoms with E-state index in [0.717, 1.165) is 13.8 Å². The Morgan fingerprint density at radius 3 is 1.53 bits per heavy atom. The molecule has 0 unspecified atom stereocenters. The molecule has 1 rings (SSSR count). The Labute approximate surface area is 82.7 Å². The Kier molecular flexibility index (Phi) is 2.63. The minimum Gasteiger partial charge on any atom is -0.394 e. The van der Waals surface area contributed by atoms with Gasteiger partial charge >= 0.3 is 6.18 Å². The Morgan fingerprint density at radius 2 is 1.27 bits per heavy atom. The lowest BCUT2D eigenvalue weighted by Crippen LogP contribution is -2.15. The monoisotopic (exact) mass is 225 g/mol. The van der Waals surface area contributed by atoms with E-state index in [1.165, 1.54) is 0 Å². The third-order valence-corrected chi connectivity index (χ3v) is 2.16. The molecule has 2 N–H and O–H groups in total. The predicted molar refractivity (Wildman–Crippen MR) is 45.2 cm³/mol. The van der Waals surface area contributed by atoms with Gasteiger partial charge in [0.15, 0.2) is 11.6 Å². The molecule has 0 saturated heterocycles. The van der Waals surface area contributed by atoms with Crippen LogP contribution in [0.2, 0.25) is 0 Å². The average molecular weight is 225 g/mol. The Morgan fingerprint density at radius 1 is 0.933 bits per heavy atom. The van der Waals surface area contributed by atoms with E-state index < -0.39 is 40.2 Å². The van der Waals surface area contributed by atoms with Crippen LogP contribution in [0.15, 0.2) is 0 Å². The first kappa shape index (κ1) is 11.7. The number of anilines is 1. The third-order valence-electron chi connectivity index (χ3n) is 2.16. The van der Waals surface area contributed by atoms with E-state index in [0.29, 0.717) is 0 Å². The molecule has 0 heterocycles. The number of nitrogen functional groups attached to an aromatic ring is 1. The molecule has 0 amide bonds. The predicted octanol–water partition coefficient (Wildman–Crippen LogP) is 3.18. The highest BCUT2D eigenvalue weighted by molar-refractivity contribution is 5.53. The minimum atomic E-state index is -4.79. The SMILES string of the molecule is Cc1c(F)c(N)c(F)c(C)c1C(F)(F)F. The summed E-state index contributed by atoms with van der Waals surface area (Å²) in [7, 11) is 0. The molecule has 0 aliphatic carbocycles. The zero-order valence-electron chi connectivity index (χ0n) is 7.97. The van der Waals surface area contributed by atoms with Crippen LogP contribution in [0, 0.1) is 25.5 Å². The summed E-state index contributed by atoms with van der Waals surface area (Å²) in [6.45, 7) is 1.84.